The second kappa shape index (κ2) is 14.7. The summed E-state index contributed by atoms with van der Waals surface area (Å²) >= 11 is 0. The van der Waals surface area contributed by atoms with Gasteiger partial charge in [-0.2, -0.15) is 0 Å². The number of rotatable bonds is 13. The molecule has 3 amide bonds. The van der Waals surface area contributed by atoms with E-state index in [4.69, 9.17) is 4.74 Å². The van der Waals surface area contributed by atoms with Crippen LogP contribution in [0.1, 0.15) is 45.8 Å². The van der Waals surface area contributed by atoms with Gasteiger partial charge in [-0.05, 0) is 41.8 Å². The van der Waals surface area contributed by atoms with E-state index >= 15 is 0 Å². The third-order valence-corrected chi connectivity index (χ3v) is 7.11. The number of nitrogens with zero attached hydrogens (tertiary/aromatic N) is 1. The summed E-state index contributed by atoms with van der Waals surface area (Å²) in [6.07, 6.45) is 1.87. The molecule has 0 fully saturated rings. The van der Waals surface area contributed by atoms with Gasteiger partial charge in [0.1, 0.15) is 12.3 Å². The lowest BCUT2D eigenvalue weighted by Gasteiger charge is -2.09. The van der Waals surface area contributed by atoms with Crippen LogP contribution in [-0.2, 0) is 37.2 Å². The minimum Gasteiger partial charge on any atom is -0.464 e. The molecule has 0 atom stereocenters. The van der Waals surface area contributed by atoms with Gasteiger partial charge in [0.2, 0.25) is 5.91 Å². The molecule has 3 N–H and O–H groups in total. The summed E-state index contributed by atoms with van der Waals surface area (Å²) in [6, 6.07) is 17.9. The molecule has 1 aromatic heterocycles. The van der Waals surface area contributed by atoms with Crippen molar-refractivity contribution in [1.29, 1.82) is 0 Å². The topological polar surface area (TPSA) is 161 Å². The number of carbonyl (C=O) groups excluding carboxylic acids is 4. The predicted octanol–water partition coefficient (Wildman–Crippen LogP) is 2.03. The zero-order chi connectivity index (χ0) is 29.8. The summed E-state index contributed by atoms with van der Waals surface area (Å²) in [4.78, 5) is 52.0. The van der Waals surface area contributed by atoms with Crippen molar-refractivity contribution >= 4 is 33.7 Å². The third-order valence-electron chi connectivity index (χ3n) is 5.77. The van der Waals surface area contributed by atoms with Gasteiger partial charge in [-0.3, -0.25) is 24.2 Å². The maximum Gasteiger partial charge on any atom is 0.308 e. The van der Waals surface area contributed by atoms with Crippen molar-refractivity contribution in [3.05, 3.63) is 95.3 Å². The predicted molar refractivity (Wildman–Crippen MR) is 150 cm³/mol. The van der Waals surface area contributed by atoms with Gasteiger partial charge in [-0.15, -0.1) is 0 Å². The molecule has 1 heterocycles. The van der Waals surface area contributed by atoms with E-state index in [1.54, 1.807) is 26.0 Å². The first kappa shape index (κ1) is 31.0. The van der Waals surface area contributed by atoms with E-state index in [1.807, 2.05) is 35.1 Å². The summed E-state index contributed by atoms with van der Waals surface area (Å²) in [5, 5.41) is 5.38. The average molecular weight is 581 g/mol. The van der Waals surface area contributed by atoms with E-state index in [2.05, 4.69) is 15.6 Å². The van der Waals surface area contributed by atoms with Crippen LogP contribution in [0, 0.1) is 5.92 Å². The molecule has 0 aliphatic heterocycles. The van der Waals surface area contributed by atoms with Gasteiger partial charge in [0.05, 0.1) is 29.3 Å². The van der Waals surface area contributed by atoms with Crippen molar-refractivity contribution in [2.45, 2.75) is 31.6 Å². The van der Waals surface area contributed by atoms with Gasteiger partial charge in [0.25, 0.3) is 21.8 Å². The van der Waals surface area contributed by atoms with Gasteiger partial charge in [0, 0.05) is 12.7 Å². The van der Waals surface area contributed by atoms with Crippen molar-refractivity contribution < 1.29 is 32.3 Å². The Morgan fingerprint density at radius 1 is 0.829 bits per heavy atom. The first-order chi connectivity index (χ1) is 19.5. The fraction of sp³-hybridized carbons (Fsp3) is 0.276. The molecule has 0 saturated carbocycles. The number of aromatic nitrogens is 1. The fourth-order valence-electron chi connectivity index (χ4n) is 3.50. The highest BCUT2D eigenvalue weighted by atomic mass is 32.2. The Morgan fingerprint density at radius 3 is 2.17 bits per heavy atom. The van der Waals surface area contributed by atoms with Gasteiger partial charge < -0.3 is 15.4 Å². The molecular formula is C29H32N4O7S. The molecule has 0 saturated heterocycles. The quantitative estimate of drug-likeness (QED) is 0.204. The third kappa shape index (κ3) is 9.84. The van der Waals surface area contributed by atoms with Crippen molar-refractivity contribution in [3.63, 3.8) is 0 Å². The molecule has 216 valence electrons. The van der Waals surface area contributed by atoms with Crippen LogP contribution in [0.15, 0.2) is 77.8 Å². The lowest BCUT2D eigenvalue weighted by molar-refractivity contribution is -0.147. The molecule has 3 aromatic rings. The van der Waals surface area contributed by atoms with E-state index in [-0.39, 0.29) is 53.5 Å². The smallest absolute Gasteiger partial charge is 0.308 e. The van der Waals surface area contributed by atoms with Gasteiger partial charge >= 0.3 is 5.97 Å². The zero-order valence-electron chi connectivity index (χ0n) is 22.8. The van der Waals surface area contributed by atoms with Crippen molar-refractivity contribution in [2.75, 3.05) is 19.7 Å². The molecule has 3 rings (SSSR count). The second-order valence-electron chi connectivity index (χ2n) is 9.35. The summed E-state index contributed by atoms with van der Waals surface area (Å²) in [5.41, 5.74) is 1.67. The van der Waals surface area contributed by atoms with Crippen LogP contribution >= 0.6 is 0 Å². The Kier molecular flexibility index (Phi) is 11.1. The first-order valence-electron chi connectivity index (χ1n) is 12.9. The minimum absolute atomic E-state index is 0.00596. The van der Waals surface area contributed by atoms with Crippen LogP contribution in [0.25, 0.3) is 0 Å². The van der Waals surface area contributed by atoms with Crippen LogP contribution in [-0.4, -0.2) is 56.8 Å². The normalized spacial score (nSPS) is 11.0. The molecule has 0 aliphatic rings. The van der Waals surface area contributed by atoms with E-state index in [0.717, 1.165) is 17.3 Å². The van der Waals surface area contributed by atoms with Crippen LogP contribution in [0.2, 0.25) is 0 Å². The molecule has 0 aliphatic carbocycles. The van der Waals surface area contributed by atoms with Crippen molar-refractivity contribution in [2.24, 2.45) is 5.92 Å². The summed E-state index contributed by atoms with van der Waals surface area (Å²) in [6.45, 7) is 3.88. The van der Waals surface area contributed by atoms with Gasteiger partial charge in [0.15, 0.2) is 0 Å². The summed E-state index contributed by atoms with van der Waals surface area (Å²) < 4.78 is 32.4. The molecule has 0 spiro atoms. The highest BCUT2D eigenvalue weighted by Gasteiger charge is 2.19. The van der Waals surface area contributed by atoms with E-state index in [1.165, 1.54) is 24.3 Å². The number of amides is 3. The minimum atomic E-state index is -4.17. The number of ether oxygens (including phenoxy) is 1. The number of sulfonamides is 1. The SMILES string of the molecule is CC(C)C(=O)OCCNC(=O)c1ccc(C(=O)NS(=O)(=O)c2ccc(CCNC(=O)Cc3ccccc3)cc2)cn1. The lowest BCUT2D eigenvalue weighted by atomic mass is 10.1. The van der Waals surface area contributed by atoms with Crippen LogP contribution in [0.5, 0.6) is 0 Å². The first-order valence-corrected chi connectivity index (χ1v) is 14.4. The highest BCUT2D eigenvalue weighted by Crippen LogP contribution is 2.12. The number of hydrogen-bond acceptors (Lipinski definition) is 8. The summed E-state index contributed by atoms with van der Waals surface area (Å²) in [5.74, 6) is -2.20. The number of esters is 1. The van der Waals surface area contributed by atoms with Crippen LogP contribution in [0.4, 0.5) is 0 Å². The zero-order valence-corrected chi connectivity index (χ0v) is 23.6. The van der Waals surface area contributed by atoms with Gasteiger partial charge in [-0.1, -0.05) is 56.3 Å². The second-order valence-corrected chi connectivity index (χ2v) is 11.0. The molecule has 12 heteroatoms. The number of benzene rings is 2. The molecule has 41 heavy (non-hydrogen) atoms. The maximum atomic E-state index is 12.7. The van der Waals surface area contributed by atoms with E-state index < -0.39 is 21.8 Å². The van der Waals surface area contributed by atoms with Crippen LogP contribution in [0.3, 0.4) is 0 Å². The number of pyridine rings is 1. The van der Waals surface area contributed by atoms with Crippen LogP contribution < -0.4 is 15.4 Å². The highest BCUT2D eigenvalue weighted by molar-refractivity contribution is 7.90. The number of nitrogens with one attached hydrogen (secondary N) is 3. The Bertz CT molecular complexity index is 1460. The molecule has 11 nitrogen and oxygen atoms in total. The largest absolute Gasteiger partial charge is 0.464 e. The molecule has 0 radical (unpaired) electrons. The lowest BCUT2D eigenvalue weighted by Crippen LogP contribution is -2.31. The molecule has 0 bridgehead atoms. The molecule has 0 unspecified atom stereocenters. The van der Waals surface area contributed by atoms with Crippen molar-refractivity contribution in [1.82, 2.24) is 20.3 Å². The molecular weight excluding hydrogens is 548 g/mol. The standard InChI is InChI=1S/C29H32N4O7S/c1-20(2)29(37)40-17-16-31-28(36)25-13-10-23(19-32-25)27(35)33-41(38,39)24-11-8-21(9-12-24)14-15-30-26(34)18-22-6-4-3-5-7-22/h3-13,19-20H,14-18H2,1-2H3,(H,30,34)(H,31,36)(H,33,35). The number of carbonyl (C=O) groups is 4. The Morgan fingerprint density at radius 2 is 1.54 bits per heavy atom. The maximum absolute atomic E-state index is 12.7. The monoisotopic (exact) mass is 580 g/mol. The van der Waals surface area contributed by atoms with Crippen molar-refractivity contribution in [3.8, 4) is 0 Å². The van der Waals surface area contributed by atoms with Gasteiger partial charge in [-0.25, -0.2) is 13.1 Å². The van der Waals surface area contributed by atoms with E-state index in [9.17, 15) is 27.6 Å². The Hall–Kier alpha value is -4.58. The Balaban J connectivity index is 1.46. The fourth-order valence-corrected chi connectivity index (χ4v) is 4.48. The number of hydrogen-bond donors (Lipinski definition) is 3. The average Bonchev–Trinajstić information content (AvgIpc) is 2.95. The summed E-state index contributed by atoms with van der Waals surface area (Å²) in [7, 11) is -4.17. The molecule has 2 aromatic carbocycles. The van der Waals surface area contributed by atoms with E-state index in [0.29, 0.717) is 13.0 Å². The Labute approximate surface area is 238 Å².